The van der Waals surface area contributed by atoms with Crippen LogP contribution in [0.1, 0.15) is 41.7 Å². The number of aryl methyl sites for hydroxylation is 1. The second-order valence-corrected chi connectivity index (χ2v) is 9.00. The molecule has 3 heterocycles. The third-order valence-corrected chi connectivity index (χ3v) is 6.48. The minimum atomic E-state index is -0.138. The van der Waals surface area contributed by atoms with Crippen LogP contribution in [0.5, 0.6) is 0 Å². The van der Waals surface area contributed by atoms with Crippen molar-refractivity contribution in [3.63, 3.8) is 0 Å². The maximum atomic E-state index is 13.1. The Bertz CT molecular complexity index is 1100. The van der Waals surface area contributed by atoms with Crippen LogP contribution < -0.4 is 10.2 Å². The first-order chi connectivity index (χ1) is 15.1. The van der Waals surface area contributed by atoms with E-state index in [9.17, 15) is 4.79 Å². The van der Waals surface area contributed by atoms with Crippen molar-refractivity contribution in [1.29, 1.82) is 0 Å². The molecule has 2 fully saturated rings. The molecule has 1 saturated heterocycles. The zero-order valence-corrected chi connectivity index (χ0v) is 18.4. The molecule has 160 valence electrons. The van der Waals surface area contributed by atoms with E-state index in [4.69, 9.17) is 11.6 Å². The zero-order valence-electron chi connectivity index (χ0n) is 17.6. The molecule has 7 heteroatoms. The number of rotatable bonds is 6. The van der Waals surface area contributed by atoms with Gasteiger partial charge in [-0.3, -0.25) is 4.79 Å². The van der Waals surface area contributed by atoms with Crippen LogP contribution in [0.15, 0.2) is 42.9 Å². The van der Waals surface area contributed by atoms with Gasteiger partial charge in [0.25, 0.3) is 5.91 Å². The highest BCUT2D eigenvalue weighted by atomic mass is 35.5. The molecule has 1 amide bonds. The number of hydrogen-bond donors (Lipinski definition) is 1. The fourth-order valence-corrected chi connectivity index (χ4v) is 4.19. The van der Waals surface area contributed by atoms with Crippen LogP contribution in [0.2, 0.25) is 5.02 Å². The number of nitrogens with one attached hydrogen (secondary N) is 1. The van der Waals surface area contributed by atoms with Crippen LogP contribution in [-0.4, -0.2) is 33.5 Å². The number of nitrogens with zero attached hydrogens (tertiary/aromatic N) is 4. The van der Waals surface area contributed by atoms with E-state index in [1.807, 2.05) is 43.7 Å². The summed E-state index contributed by atoms with van der Waals surface area (Å²) >= 11 is 6.22. The van der Waals surface area contributed by atoms with Crippen molar-refractivity contribution in [2.75, 3.05) is 23.3 Å². The van der Waals surface area contributed by atoms with Crippen molar-refractivity contribution in [3.8, 4) is 11.1 Å². The quantitative estimate of drug-likeness (QED) is 0.580. The van der Waals surface area contributed by atoms with Gasteiger partial charge in [0, 0.05) is 60.1 Å². The molecule has 3 aromatic rings. The number of anilines is 2. The van der Waals surface area contributed by atoms with Gasteiger partial charge in [-0.2, -0.15) is 0 Å². The summed E-state index contributed by atoms with van der Waals surface area (Å²) in [5.74, 6) is 1.30. The highest BCUT2D eigenvalue weighted by molar-refractivity contribution is 6.31. The first kappa shape index (κ1) is 20.1. The summed E-state index contributed by atoms with van der Waals surface area (Å²) in [4.78, 5) is 24.4. The Morgan fingerprint density at radius 3 is 2.55 bits per heavy atom. The van der Waals surface area contributed by atoms with Gasteiger partial charge < -0.3 is 14.8 Å². The molecular weight excluding hydrogens is 410 g/mol. The SMILES string of the molecule is Cc1ccc(NC(=O)c2cc(-c3cnc(N4CCCC4)nc3)cn2CC2CC2)cc1Cl. The summed E-state index contributed by atoms with van der Waals surface area (Å²) < 4.78 is 2.06. The lowest BCUT2D eigenvalue weighted by Gasteiger charge is -2.14. The van der Waals surface area contributed by atoms with Gasteiger partial charge in [-0.25, -0.2) is 9.97 Å². The van der Waals surface area contributed by atoms with Crippen molar-refractivity contribution in [2.24, 2.45) is 5.92 Å². The van der Waals surface area contributed by atoms with E-state index in [-0.39, 0.29) is 5.91 Å². The largest absolute Gasteiger partial charge is 0.343 e. The Hall–Kier alpha value is -2.86. The van der Waals surface area contributed by atoms with Gasteiger partial charge in [0.2, 0.25) is 5.95 Å². The summed E-state index contributed by atoms with van der Waals surface area (Å²) in [7, 11) is 0. The Kier molecular flexibility index (Phi) is 5.40. The summed E-state index contributed by atoms with van der Waals surface area (Å²) in [5, 5.41) is 3.63. The molecule has 0 bridgehead atoms. The number of halogens is 1. The van der Waals surface area contributed by atoms with E-state index >= 15 is 0 Å². The Balaban J connectivity index is 1.40. The van der Waals surface area contributed by atoms with Gasteiger partial charge in [-0.05, 0) is 62.3 Å². The normalized spacial score (nSPS) is 16.0. The zero-order chi connectivity index (χ0) is 21.4. The number of carbonyl (C=O) groups excluding carboxylic acids is 1. The lowest BCUT2D eigenvalue weighted by Crippen LogP contribution is -2.20. The molecular formula is C24H26ClN5O. The maximum Gasteiger partial charge on any atom is 0.272 e. The number of benzene rings is 1. The van der Waals surface area contributed by atoms with Crippen molar-refractivity contribution >= 4 is 29.1 Å². The average Bonchev–Trinajstić information content (AvgIpc) is 3.25. The van der Waals surface area contributed by atoms with Crippen molar-refractivity contribution in [2.45, 2.75) is 39.2 Å². The standard InChI is InChI=1S/C24H26ClN5O/c1-16-4-7-20(11-21(16)25)28-23(31)22-10-18(15-30(22)14-17-5-6-17)19-12-26-24(27-13-19)29-8-2-3-9-29/h4,7,10-13,15,17H,2-3,5-6,8-9,14H2,1H3,(H,28,31). The minimum Gasteiger partial charge on any atom is -0.343 e. The van der Waals surface area contributed by atoms with E-state index in [0.29, 0.717) is 22.3 Å². The predicted molar refractivity (Wildman–Crippen MR) is 124 cm³/mol. The summed E-state index contributed by atoms with van der Waals surface area (Å²) in [6.45, 7) is 4.83. The lowest BCUT2D eigenvalue weighted by atomic mass is 10.2. The third kappa shape index (κ3) is 4.44. The molecule has 0 unspecified atom stereocenters. The van der Waals surface area contributed by atoms with Gasteiger partial charge in [-0.1, -0.05) is 17.7 Å². The first-order valence-corrected chi connectivity index (χ1v) is 11.3. The van der Waals surface area contributed by atoms with Gasteiger partial charge >= 0.3 is 0 Å². The van der Waals surface area contributed by atoms with E-state index in [0.717, 1.165) is 42.3 Å². The van der Waals surface area contributed by atoms with Crippen molar-refractivity contribution in [3.05, 3.63) is 59.1 Å². The predicted octanol–water partition coefficient (Wildman–Crippen LogP) is 5.17. The number of carbonyl (C=O) groups is 1. The molecule has 6 nitrogen and oxygen atoms in total. The van der Waals surface area contributed by atoms with Crippen LogP contribution in [0.25, 0.3) is 11.1 Å². The Morgan fingerprint density at radius 2 is 1.87 bits per heavy atom. The summed E-state index contributed by atoms with van der Waals surface area (Å²) in [5.41, 5.74) is 4.20. The third-order valence-electron chi connectivity index (χ3n) is 6.07. The molecule has 2 aliphatic rings. The highest BCUT2D eigenvalue weighted by Gasteiger charge is 2.25. The number of hydrogen-bond acceptors (Lipinski definition) is 4. The second kappa shape index (κ2) is 8.35. The minimum absolute atomic E-state index is 0.138. The molecule has 0 spiro atoms. The molecule has 2 aromatic heterocycles. The van der Waals surface area contributed by atoms with Crippen LogP contribution in [0, 0.1) is 12.8 Å². The van der Waals surface area contributed by atoms with Gasteiger partial charge in [0.15, 0.2) is 0 Å². The number of aromatic nitrogens is 3. The molecule has 1 aliphatic heterocycles. The summed E-state index contributed by atoms with van der Waals surface area (Å²) in [6, 6.07) is 7.50. The van der Waals surface area contributed by atoms with Crippen molar-refractivity contribution < 1.29 is 4.79 Å². The number of amides is 1. The van der Waals surface area contributed by atoms with Crippen LogP contribution in [0.4, 0.5) is 11.6 Å². The molecule has 5 rings (SSSR count). The first-order valence-electron chi connectivity index (χ1n) is 10.9. The van der Waals surface area contributed by atoms with E-state index in [1.54, 1.807) is 6.07 Å². The fraction of sp³-hybridized carbons (Fsp3) is 0.375. The van der Waals surface area contributed by atoms with Crippen LogP contribution in [0.3, 0.4) is 0 Å². The molecule has 1 aliphatic carbocycles. The topological polar surface area (TPSA) is 63.1 Å². The van der Waals surface area contributed by atoms with E-state index in [1.165, 1.54) is 25.7 Å². The average molecular weight is 436 g/mol. The monoisotopic (exact) mass is 435 g/mol. The fourth-order valence-electron chi connectivity index (χ4n) is 4.00. The molecule has 0 atom stereocenters. The molecule has 1 saturated carbocycles. The molecule has 0 radical (unpaired) electrons. The van der Waals surface area contributed by atoms with Crippen LogP contribution >= 0.6 is 11.6 Å². The van der Waals surface area contributed by atoms with E-state index in [2.05, 4.69) is 24.8 Å². The van der Waals surface area contributed by atoms with E-state index < -0.39 is 0 Å². The maximum absolute atomic E-state index is 13.1. The Morgan fingerprint density at radius 1 is 1.13 bits per heavy atom. The second-order valence-electron chi connectivity index (χ2n) is 8.59. The summed E-state index contributed by atoms with van der Waals surface area (Å²) in [6.07, 6.45) is 10.6. The van der Waals surface area contributed by atoms with Crippen LogP contribution in [-0.2, 0) is 6.54 Å². The lowest BCUT2D eigenvalue weighted by molar-refractivity contribution is 0.101. The smallest absolute Gasteiger partial charge is 0.272 e. The molecule has 31 heavy (non-hydrogen) atoms. The van der Waals surface area contributed by atoms with Gasteiger partial charge in [0.1, 0.15) is 5.69 Å². The highest BCUT2D eigenvalue weighted by Crippen LogP contribution is 2.33. The Labute approximate surface area is 187 Å². The molecule has 1 N–H and O–H groups in total. The van der Waals surface area contributed by atoms with Crippen molar-refractivity contribution in [1.82, 2.24) is 14.5 Å². The van der Waals surface area contributed by atoms with Gasteiger partial charge in [0.05, 0.1) is 0 Å². The van der Waals surface area contributed by atoms with Gasteiger partial charge in [-0.15, -0.1) is 0 Å². The molecule has 1 aromatic carbocycles.